The molecule has 31 heavy (non-hydrogen) atoms. The number of aryl methyl sites for hydroxylation is 1. The van der Waals surface area contributed by atoms with Crippen LogP contribution in [0.4, 0.5) is 0 Å². The zero-order valence-electron chi connectivity index (χ0n) is 17.7. The highest BCUT2D eigenvalue weighted by molar-refractivity contribution is 6.53. The minimum atomic E-state index is -0.558. The van der Waals surface area contributed by atoms with Gasteiger partial charge in [-0.3, -0.25) is 14.4 Å². The van der Waals surface area contributed by atoms with Gasteiger partial charge in [0.05, 0.1) is 17.7 Å². The molecule has 0 saturated heterocycles. The van der Waals surface area contributed by atoms with Gasteiger partial charge in [0.2, 0.25) is 11.6 Å². The van der Waals surface area contributed by atoms with Gasteiger partial charge < -0.3 is 9.15 Å². The second kappa shape index (κ2) is 6.77. The predicted octanol–water partition coefficient (Wildman–Crippen LogP) is 5.08. The molecular weight excluding hydrogens is 392 g/mol. The molecule has 156 valence electrons. The van der Waals surface area contributed by atoms with Crippen LogP contribution in [0.5, 0.6) is 5.75 Å². The first-order valence-electron chi connectivity index (χ1n) is 10.4. The van der Waals surface area contributed by atoms with Crippen LogP contribution in [0.25, 0.3) is 11.3 Å². The molecule has 5 nitrogen and oxygen atoms in total. The molecule has 0 N–H and O–H groups in total. The van der Waals surface area contributed by atoms with Crippen molar-refractivity contribution in [2.24, 2.45) is 5.92 Å². The lowest BCUT2D eigenvalue weighted by atomic mass is 9.63. The van der Waals surface area contributed by atoms with Crippen molar-refractivity contribution in [2.75, 3.05) is 0 Å². The fourth-order valence-corrected chi connectivity index (χ4v) is 5.04. The van der Waals surface area contributed by atoms with Crippen LogP contribution >= 0.6 is 0 Å². The van der Waals surface area contributed by atoms with E-state index in [0.29, 0.717) is 46.6 Å². The van der Waals surface area contributed by atoms with Crippen LogP contribution in [-0.4, -0.2) is 17.5 Å². The molecule has 2 aliphatic rings. The van der Waals surface area contributed by atoms with Crippen molar-refractivity contribution in [1.82, 2.24) is 0 Å². The number of ketones is 2. The minimum absolute atomic E-state index is 0.286. The fraction of sp³-hybridized carbons (Fsp3) is 0.269. The number of Topliss-reactive ketones (excluding diaryl/α,β-unsaturated/α-hetero) is 2. The number of furan rings is 1. The number of benzene rings is 2. The Labute approximate surface area is 180 Å². The van der Waals surface area contributed by atoms with E-state index in [1.165, 1.54) is 6.26 Å². The Kier molecular flexibility index (Phi) is 4.26. The molecule has 2 aromatic carbocycles. The van der Waals surface area contributed by atoms with E-state index in [4.69, 9.17) is 9.15 Å². The Morgan fingerprint density at radius 3 is 2.48 bits per heavy atom. The smallest absolute Gasteiger partial charge is 0.315 e. The predicted molar refractivity (Wildman–Crippen MR) is 114 cm³/mol. The van der Waals surface area contributed by atoms with Crippen LogP contribution in [0.2, 0.25) is 0 Å². The van der Waals surface area contributed by atoms with Gasteiger partial charge in [-0.15, -0.1) is 0 Å². The quantitative estimate of drug-likeness (QED) is 0.332. The van der Waals surface area contributed by atoms with Gasteiger partial charge in [-0.1, -0.05) is 44.2 Å². The molecule has 1 aromatic heterocycles. The number of hydrogen-bond acceptors (Lipinski definition) is 5. The number of esters is 1. The van der Waals surface area contributed by atoms with E-state index in [2.05, 4.69) is 0 Å². The van der Waals surface area contributed by atoms with Crippen LogP contribution in [0.15, 0.2) is 53.1 Å². The third-order valence-corrected chi connectivity index (χ3v) is 6.69. The zero-order chi connectivity index (χ0) is 21.9. The molecule has 0 saturated carbocycles. The average Bonchev–Trinajstić information content (AvgIpc) is 3.13. The monoisotopic (exact) mass is 414 g/mol. The standard InChI is InChI=1S/C26H22O5/c1-14-13-30-24-17-10-11-18-16(21(17)23(28)22(27)20(14)24)9-12-19(26(18,2)3)25(29)31-15-7-5-4-6-8-15/h4-8,10-11,13,19H,9,12H2,1-3H3/t19-/m1/s1. The number of carbonyl (C=O) groups excluding carboxylic acids is 3. The average molecular weight is 414 g/mol. The van der Waals surface area contributed by atoms with Crippen molar-refractivity contribution in [1.29, 1.82) is 0 Å². The SMILES string of the molecule is Cc1coc2c1C(=O)C(=O)c1c-2ccc2c1CC[C@H](C(=O)Oc1ccccc1)C2(C)C. The van der Waals surface area contributed by atoms with E-state index in [0.717, 1.165) is 11.1 Å². The van der Waals surface area contributed by atoms with Crippen molar-refractivity contribution in [2.45, 2.75) is 39.0 Å². The van der Waals surface area contributed by atoms with Gasteiger partial charge in [0, 0.05) is 16.5 Å². The van der Waals surface area contributed by atoms with Gasteiger partial charge in [-0.2, -0.15) is 0 Å². The molecule has 0 radical (unpaired) electrons. The van der Waals surface area contributed by atoms with Crippen molar-refractivity contribution in [3.63, 3.8) is 0 Å². The van der Waals surface area contributed by atoms with Crippen LogP contribution in [0.3, 0.4) is 0 Å². The molecule has 0 aliphatic heterocycles. The molecule has 5 heteroatoms. The van der Waals surface area contributed by atoms with Crippen molar-refractivity contribution in [3.8, 4) is 17.1 Å². The number of hydrogen-bond donors (Lipinski definition) is 0. The summed E-state index contributed by atoms with van der Waals surface area (Å²) in [7, 11) is 0. The highest BCUT2D eigenvalue weighted by atomic mass is 16.5. The maximum atomic E-state index is 13.1. The normalized spacial score (nSPS) is 18.7. The van der Waals surface area contributed by atoms with Crippen LogP contribution < -0.4 is 4.74 Å². The molecule has 1 atom stereocenters. The summed E-state index contributed by atoms with van der Waals surface area (Å²) in [4.78, 5) is 38.9. The zero-order valence-corrected chi connectivity index (χ0v) is 17.7. The van der Waals surface area contributed by atoms with Crippen LogP contribution in [-0.2, 0) is 16.6 Å². The molecule has 0 amide bonds. The van der Waals surface area contributed by atoms with Gasteiger partial charge in [0.1, 0.15) is 11.5 Å². The molecule has 5 rings (SSSR count). The first-order chi connectivity index (χ1) is 14.8. The number of ether oxygens (including phenoxy) is 1. The van der Waals surface area contributed by atoms with Crippen molar-refractivity contribution >= 4 is 17.5 Å². The van der Waals surface area contributed by atoms with Gasteiger partial charge >= 0.3 is 5.97 Å². The number of fused-ring (bicyclic) bond motifs is 5. The van der Waals surface area contributed by atoms with Crippen LogP contribution in [0, 0.1) is 12.8 Å². The van der Waals surface area contributed by atoms with Crippen molar-refractivity contribution < 1.29 is 23.5 Å². The summed E-state index contributed by atoms with van der Waals surface area (Å²) in [6, 6.07) is 12.8. The lowest BCUT2D eigenvalue weighted by Crippen LogP contribution is -2.42. The first-order valence-corrected chi connectivity index (χ1v) is 10.4. The van der Waals surface area contributed by atoms with E-state index < -0.39 is 17.0 Å². The molecule has 0 fully saturated rings. The summed E-state index contributed by atoms with van der Waals surface area (Å²) in [5.41, 5.74) is 3.29. The number of rotatable bonds is 2. The highest BCUT2D eigenvalue weighted by Crippen LogP contribution is 2.47. The topological polar surface area (TPSA) is 73.6 Å². The van der Waals surface area contributed by atoms with E-state index >= 15 is 0 Å². The van der Waals surface area contributed by atoms with Gasteiger partial charge in [0.25, 0.3) is 0 Å². The molecule has 0 spiro atoms. The summed E-state index contributed by atoms with van der Waals surface area (Å²) in [6.45, 7) is 5.75. The minimum Gasteiger partial charge on any atom is -0.463 e. The molecule has 0 unspecified atom stereocenters. The fourth-order valence-electron chi connectivity index (χ4n) is 5.04. The van der Waals surface area contributed by atoms with Crippen LogP contribution in [0.1, 0.15) is 57.7 Å². The first kappa shape index (κ1) is 19.5. The third kappa shape index (κ3) is 2.80. The summed E-state index contributed by atoms with van der Waals surface area (Å²) in [5, 5.41) is 0. The van der Waals surface area contributed by atoms with E-state index in [1.54, 1.807) is 19.1 Å². The Morgan fingerprint density at radius 1 is 1.03 bits per heavy atom. The summed E-state index contributed by atoms with van der Waals surface area (Å²) < 4.78 is 11.3. The van der Waals surface area contributed by atoms with Gasteiger partial charge in [-0.05, 0) is 48.6 Å². The molecule has 0 bridgehead atoms. The maximum Gasteiger partial charge on any atom is 0.315 e. The van der Waals surface area contributed by atoms with E-state index in [-0.39, 0.29) is 11.9 Å². The maximum absolute atomic E-state index is 13.1. The van der Waals surface area contributed by atoms with Gasteiger partial charge in [0.15, 0.2) is 0 Å². The largest absolute Gasteiger partial charge is 0.463 e. The number of carbonyl (C=O) groups is 3. The summed E-state index contributed by atoms with van der Waals surface area (Å²) >= 11 is 0. The number of para-hydroxylation sites is 1. The Bertz CT molecular complexity index is 1250. The lowest BCUT2D eigenvalue weighted by molar-refractivity contribution is -0.141. The van der Waals surface area contributed by atoms with Gasteiger partial charge in [-0.25, -0.2) is 0 Å². The lowest BCUT2D eigenvalue weighted by Gasteiger charge is -2.40. The summed E-state index contributed by atoms with van der Waals surface area (Å²) in [5.74, 6) is -0.695. The molecular formula is C26H22O5. The Morgan fingerprint density at radius 2 is 1.74 bits per heavy atom. The van der Waals surface area contributed by atoms with E-state index in [1.807, 2.05) is 44.2 Å². The molecule has 1 heterocycles. The Hall–Kier alpha value is -3.47. The second-order valence-corrected chi connectivity index (χ2v) is 8.84. The van der Waals surface area contributed by atoms with E-state index in [9.17, 15) is 14.4 Å². The third-order valence-electron chi connectivity index (χ3n) is 6.69. The second-order valence-electron chi connectivity index (χ2n) is 8.84. The highest BCUT2D eigenvalue weighted by Gasteiger charge is 2.45. The molecule has 3 aromatic rings. The molecule has 2 aliphatic carbocycles. The summed E-state index contributed by atoms with van der Waals surface area (Å²) in [6.07, 6.45) is 2.57. The van der Waals surface area contributed by atoms with Crippen molar-refractivity contribution in [3.05, 3.63) is 76.5 Å². The Balaban J connectivity index is 1.57.